The van der Waals surface area contributed by atoms with E-state index in [9.17, 15) is 30.3 Å². The van der Waals surface area contributed by atoms with Crippen LogP contribution in [0.4, 0.5) is 0 Å². The van der Waals surface area contributed by atoms with Gasteiger partial charge in [0.25, 0.3) is 0 Å². The Balaban J connectivity index is 1.92. The van der Waals surface area contributed by atoms with E-state index < -0.39 is 48.7 Å². The van der Waals surface area contributed by atoms with Gasteiger partial charge in [-0.15, -0.1) is 0 Å². The van der Waals surface area contributed by atoms with Crippen molar-refractivity contribution in [3.05, 3.63) is 28.6 Å². The van der Waals surface area contributed by atoms with Gasteiger partial charge < -0.3 is 44.2 Å². The Bertz CT molecular complexity index is 861. The van der Waals surface area contributed by atoms with Crippen molar-refractivity contribution in [2.24, 2.45) is 0 Å². The first kappa shape index (κ1) is 19.4. The maximum absolute atomic E-state index is 11.8. The zero-order chi connectivity index (χ0) is 19.7. The van der Waals surface area contributed by atoms with Gasteiger partial charge in [-0.25, -0.2) is 4.79 Å². The van der Waals surface area contributed by atoms with E-state index in [0.29, 0.717) is 5.39 Å². The molecular formula is C17H20O10. The summed E-state index contributed by atoms with van der Waals surface area (Å²) in [5, 5.41) is 49.0. The number of rotatable bonds is 5. The Morgan fingerprint density at radius 3 is 2.56 bits per heavy atom. The number of aromatic hydroxyl groups is 1. The number of hydrogen-bond acceptors (Lipinski definition) is 10. The Labute approximate surface area is 152 Å². The molecule has 5 N–H and O–H groups in total. The van der Waals surface area contributed by atoms with Crippen molar-refractivity contribution in [3.8, 4) is 17.2 Å². The van der Waals surface area contributed by atoms with Crippen LogP contribution in [0.5, 0.6) is 17.2 Å². The lowest BCUT2D eigenvalue weighted by atomic mass is 9.99. The molecule has 5 atom stereocenters. The second-order valence-electron chi connectivity index (χ2n) is 5.97. The second-order valence-corrected chi connectivity index (χ2v) is 5.97. The van der Waals surface area contributed by atoms with Crippen LogP contribution in [0.3, 0.4) is 0 Å². The van der Waals surface area contributed by atoms with Crippen LogP contribution in [-0.4, -0.2) is 69.5 Å². The van der Waals surface area contributed by atoms with Crippen LogP contribution in [0.1, 0.15) is 6.92 Å². The molecule has 27 heavy (non-hydrogen) atoms. The van der Waals surface area contributed by atoms with Gasteiger partial charge in [-0.05, 0) is 19.1 Å². The first-order valence-corrected chi connectivity index (χ1v) is 8.27. The van der Waals surface area contributed by atoms with Crippen LogP contribution >= 0.6 is 0 Å². The SMILES string of the molecule is CCOc1c(O)c(=O)oc2cc(O[C@@H]3O[C@H](CO)[C@H](O)[C@H](O)[C@H]3O)ccc12. The second kappa shape index (κ2) is 7.71. The van der Waals surface area contributed by atoms with Crippen molar-refractivity contribution in [2.75, 3.05) is 13.2 Å². The lowest BCUT2D eigenvalue weighted by Crippen LogP contribution is -2.60. The van der Waals surface area contributed by atoms with E-state index in [1.165, 1.54) is 18.2 Å². The molecule has 10 heteroatoms. The normalized spacial score (nSPS) is 28.3. The Morgan fingerprint density at radius 1 is 1.15 bits per heavy atom. The number of aliphatic hydroxyl groups is 4. The summed E-state index contributed by atoms with van der Waals surface area (Å²) in [6, 6.07) is 4.24. The zero-order valence-electron chi connectivity index (χ0n) is 14.3. The van der Waals surface area contributed by atoms with Crippen LogP contribution < -0.4 is 15.1 Å². The highest BCUT2D eigenvalue weighted by Gasteiger charge is 2.44. The summed E-state index contributed by atoms with van der Waals surface area (Å²) in [4.78, 5) is 11.8. The standard InChI is InChI=1S/C17H20O10/c1-2-24-15-8-4-3-7(5-9(8)26-16(23)14(15)22)25-17-13(21)12(20)11(19)10(6-18)27-17/h3-5,10-13,17-22H,2,6H2,1H3/t10-,11+,12+,13-,17-/m1/s1. The molecule has 1 aromatic heterocycles. The van der Waals surface area contributed by atoms with E-state index in [-0.39, 0.29) is 23.7 Å². The Kier molecular flexibility index (Phi) is 5.53. The van der Waals surface area contributed by atoms with Gasteiger partial charge in [-0.1, -0.05) is 0 Å². The van der Waals surface area contributed by atoms with E-state index in [1.54, 1.807) is 6.92 Å². The molecule has 2 aromatic rings. The van der Waals surface area contributed by atoms with Gasteiger partial charge in [-0.3, -0.25) is 0 Å². The molecule has 0 bridgehead atoms. The fraction of sp³-hybridized carbons (Fsp3) is 0.471. The number of hydrogen-bond donors (Lipinski definition) is 5. The molecule has 0 unspecified atom stereocenters. The lowest BCUT2D eigenvalue weighted by Gasteiger charge is -2.39. The summed E-state index contributed by atoms with van der Waals surface area (Å²) in [7, 11) is 0. The largest absolute Gasteiger partial charge is 0.499 e. The van der Waals surface area contributed by atoms with E-state index in [4.69, 9.17) is 18.6 Å². The fourth-order valence-corrected chi connectivity index (χ4v) is 2.81. The smallest absolute Gasteiger partial charge is 0.382 e. The molecule has 1 aromatic carbocycles. The molecule has 148 valence electrons. The lowest BCUT2D eigenvalue weighted by molar-refractivity contribution is -0.277. The summed E-state index contributed by atoms with van der Waals surface area (Å²) in [5.74, 6) is -0.557. The number of ether oxygens (including phenoxy) is 3. The van der Waals surface area contributed by atoms with Crippen LogP contribution in [-0.2, 0) is 4.74 Å². The predicted molar refractivity (Wildman–Crippen MR) is 89.7 cm³/mol. The third-order valence-electron chi connectivity index (χ3n) is 4.20. The molecule has 0 radical (unpaired) electrons. The van der Waals surface area contributed by atoms with Crippen molar-refractivity contribution in [3.63, 3.8) is 0 Å². The Hall–Kier alpha value is -2.37. The van der Waals surface area contributed by atoms with Gasteiger partial charge in [0.1, 0.15) is 35.7 Å². The van der Waals surface area contributed by atoms with Crippen molar-refractivity contribution in [2.45, 2.75) is 37.6 Å². The van der Waals surface area contributed by atoms with Gasteiger partial charge in [0.05, 0.1) is 18.6 Å². The molecule has 0 spiro atoms. The summed E-state index contributed by atoms with van der Waals surface area (Å²) >= 11 is 0. The molecule has 0 saturated carbocycles. The first-order valence-electron chi connectivity index (χ1n) is 8.27. The first-order chi connectivity index (χ1) is 12.9. The van der Waals surface area contributed by atoms with Gasteiger partial charge in [-0.2, -0.15) is 0 Å². The minimum atomic E-state index is -1.58. The quantitative estimate of drug-likeness (QED) is 0.408. The van der Waals surface area contributed by atoms with E-state index in [2.05, 4.69) is 0 Å². The molecule has 1 aliphatic heterocycles. The molecular weight excluding hydrogens is 364 g/mol. The van der Waals surface area contributed by atoms with E-state index in [1.807, 2.05) is 0 Å². The molecule has 2 heterocycles. The molecule has 1 aliphatic rings. The molecule has 1 fully saturated rings. The van der Waals surface area contributed by atoms with E-state index in [0.717, 1.165) is 0 Å². The molecule has 1 saturated heterocycles. The number of benzene rings is 1. The highest BCUT2D eigenvalue weighted by atomic mass is 16.7. The topological polar surface area (TPSA) is 159 Å². The van der Waals surface area contributed by atoms with Crippen LogP contribution in [0.15, 0.2) is 27.4 Å². The molecule has 0 aliphatic carbocycles. The summed E-state index contributed by atoms with van der Waals surface area (Å²) in [5.41, 5.74) is -0.931. The predicted octanol–water partition coefficient (Wildman–Crippen LogP) is -0.924. The highest BCUT2D eigenvalue weighted by Crippen LogP contribution is 2.34. The summed E-state index contributed by atoms with van der Waals surface area (Å²) in [6.45, 7) is 1.32. The van der Waals surface area contributed by atoms with Gasteiger partial charge in [0.2, 0.25) is 12.0 Å². The van der Waals surface area contributed by atoms with Gasteiger partial charge in [0.15, 0.2) is 5.75 Å². The van der Waals surface area contributed by atoms with Crippen LogP contribution in [0.25, 0.3) is 11.0 Å². The molecule has 10 nitrogen and oxygen atoms in total. The van der Waals surface area contributed by atoms with E-state index >= 15 is 0 Å². The van der Waals surface area contributed by atoms with Crippen molar-refractivity contribution >= 4 is 11.0 Å². The van der Waals surface area contributed by atoms with Gasteiger partial charge >= 0.3 is 5.63 Å². The van der Waals surface area contributed by atoms with Crippen molar-refractivity contribution in [1.29, 1.82) is 0 Å². The third kappa shape index (κ3) is 3.57. The summed E-state index contributed by atoms with van der Waals surface area (Å²) < 4.78 is 21.0. The minimum Gasteiger partial charge on any atom is -0.499 e. The highest BCUT2D eigenvalue weighted by molar-refractivity contribution is 5.86. The molecule has 3 rings (SSSR count). The van der Waals surface area contributed by atoms with Crippen LogP contribution in [0, 0.1) is 0 Å². The van der Waals surface area contributed by atoms with Crippen LogP contribution in [0.2, 0.25) is 0 Å². The minimum absolute atomic E-state index is 0.0249. The van der Waals surface area contributed by atoms with Crippen molar-refractivity contribution in [1.82, 2.24) is 0 Å². The maximum atomic E-state index is 11.8. The monoisotopic (exact) mass is 384 g/mol. The number of aliphatic hydroxyl groups excluding tert-OH is 4. The average molecular weight is 384 g/mol. The fourth-order valence-electron chi connectivity index (χ4n) is 2.81. The maximum Gasteiger partial charge on any atom is 0.382 e. The zero-order valence-corrected chi connectivity index (χ0v) is 14.3. The Morgan fingerprint density at radius 2 is 1.89 bits per heavy atom. The van der Waals surface area contributed by atoms with Crippen molar-refractivity contribution < 1.29 is 44.2 Å². The average Bonchev–Trinajstić information content (AvgIpc) is 2.65. The van der Waals surface area contributed by atoms with Gasteiger partial charge in [0, 0.05) is 6.07 Å². The summed E-state index contributed by atoms with van der Waals surface area (Å²) in [6.07, 6.45) is -7.16. The molecule has 0 amide bonds. The third-order valence-corrected chi connectivity index (χ3v) is 4.20. The number of fused-ring (bicyclic) bond motifs is 1.